The standard InChI is InChI=1S/C24H24N2O5S/c1-4-30-20-12-10-18(14-22(20)32(28,29)26(2)3)25-23(27)13-17-15-31-21-11-9-16-7-5-6-8-19(16)24(17)21/h5-12,14-15H,4,13H2,1-3H3,(H,25,27). The summed E-state index contributed by atoms with van der Waals surface area (Å²) in [4.78, 5) is 12.8. The van der Waals surface area contributed by atoms with Gasteiger partial charge in [-0.1, -0.05) is 30.3 Å². The number of anilines is 1. The third-order valence-electron chi connectivity index (χ3n) is 5.18. The third-order valence-corrected chi connectivity index (χ3v) is 7.01. The number of rotatable bonds is 7. The molecule has 0 aliphatic carbocycles. The Bertz CT molecular complexity index is 1410. The Morgan fingerprint density at radius 2 is 1.88 bits per heavy atom. The molecule has 1 heterocycles. The first-order valence-electron chi connectivity index (χ1n) is 10.2. The quantitative estimate of drug-likeness (QED) is 0.449. The summed E-state index contributed by atoms with van der Waals surface area (Å²) >= 11 is 0. The first-order valence-corrected chi connectivity index (χ1v) is 11.6. The van der Waals surface area contributed by atoms with E-state index in [1.807, 2.05) is 36.4 Å². The number of amides is 1. The van der Waals surface area contributed by atoms with E-state index in [4.69, 9.17) is 9.15 Å². The first-order chi connectivity index (χ1) is 15.3. The number of ether oxygens (including phenoxy) is 1. The van der Waals surface area contributed by atoms with Crippen molar-refractivity contribution in [1.82, 2.24) is 4.31 Å². The molecule has 0 aliphatic rings. The van der Waals surface area contributed by atoms with Crippen molar-refractivity contribution in [2.24, 2.45) is 0 Å². The topological polar surface area (TPSA) is 88.8 Å². The molecule has 0 atom stereocenters. The molecule has 8 heteroatoms. The summed E-state index contributed by atoms with van der Waals surface area (Å²) in [5.74, 6) is -0.0375. The summed E-state index contributed by atoms with van der Waals surface area (Å²) in [5.41, 5.74) is 1.85. The van der Waals surface area contributed by atoms with Gasteiger partial charge in [-0.15, -0.1) is 0 Å². The van der Waals surface area contributed by atoms with Crippen LogP contribution in [-0.4, -0.2) is 39.3 Å². The summed E-state index contributed by atoms with van der Waals surface area (Å²) < 4.78 is 37.7. The lowest BCUT2D eigenvalue weighted by molar-refractivity contribution is -0.115. The maximum Gasteiger partial charge on any atom is 0.246 e. The van der Waals surface area contributed by atoms with E-state index in [-0.39, 0.29) is 23.0 Å². The van der Waals surface area contributed by atoms with Crippen LogP contribution in [0.15, 0.2) is 70.2 Å². The number of hydrogen-bond acceptors (Lipinski definition) is 5. The smallest absolute Gasteiger partial charge is 0.246 e. The third kappa shape index (κ3) is 4.06. The molecular formula is C24H24N2O5S. The molecule has 4 rings (SSSR count). The van der Waals surface area contributed by atoms with Crippen LogP contribution in [0.5, 0.6) is 5.75 Å². The van der Waals surface area contributed by atoms with Gasteiger partial charge in [-0.25, -0.2) is 12.7 Å². The summed E-state index contributed by atoms with van der Waals surface area (Å²) in [5, 5.41) is 5.78. The van der Waals surface area contributed by atoms with Crippen molar-refractivity contribution in [3.05, 3.63) is 66.4 Å². The van der Waals surface area contributed by atoms with Crippen LogP contribution < -0.4 is 10.1 Å². The largest absolute Gasteiger partial charge is 0.492 e. The Hall–Kier alpha value is -3.36. The SMILES string of the molecule is CCOc1ccc(NC(=O)Cc2coc3ccc4ccccc4c23)cc1S(=O)(=O)N(C)C. The van der Waals surface area contributed by atoms with E-state index in [9.17, 15) is 13.2 Å². The van der Waals surface area contributed by atoms with E-state index >= 15 is 0 Å². The fraction of sp³-hybridized carbons (Fsp3) is 0.208. The molecule has 3 aromatic carbocycles. The van der Waals surface area contributed by atoms with Crippen molar-refractivity contribution in [1.29, 1.82) is 0 Å². The molecule has 32 heavy (non-hydrogen) atoms. The van der Waals surface area contributed by atoms with Gasteiger partial charge in [-0.05, 0) is 42.0 Å². The summed E-state index contributed by atoms with van der Waals surface area (Å²) in [6, 6.07) is 16.4. The normalized spacial score (nSPS) is 11.9. The predicted molar refractivity (Wildman–Crippen MR) is 125 cm³/mol. The van der Waals surface area contributed by atoms with Crippen LogP contribution in [-0.2, 0) is 21.2 Å². The molecule has 1 N–H and O–H groups in total. The molecule has 0 saturated carbocycles. The van der Waals surface area contributed by atoms with Crippen molar-refractivity contribution >= 4 is 43.4 Å². The molecule has 7 nitrogen and oxygen atoms in total. The van der Waals surface area contributed by atoms with Crippen molar-refractivity contribution < 1.29 is 22.4 Å². The summed E-state index contributed by atoms with van der Waals surface area (Å²) in [7, 11) is -0.851. The predicted octanol–water partition coefficient (Wildman–Crippen LogP) is 4.42. The molecule has 0 aliphatic heterocycles. The van der Waals surface area contributed by atoms with Gasteiger partial charge in [-0.3, -0.25) is 4.79 Å². The molecule has 0 radical (unpaired) electrons. The van der Waals surface area contributed by atoms with Gasteiger partial charge in [0, 0.05) is 30.7 Å². The van der Waals surface area contributed by atoms with Gasteiger partial charge in [0.15, 0.2) is 0 Å². The van der Waals surface area contributed by atoms with E-state index in [1.54, 1.807) is 25.3 Å². The number of fused-ring (bicyclic) bond motifs is 3. The summed E-state index contributed by atoms with van der Waals surface area (Å²) in [6.07, 6.45) is 1.68. The van der Waals surface area contributed by atoms with E-state index in [1.165, 1.54) is 20.2 Å². The Balaban J connectivity index is 1.63. The number of sulfonamides is 1. The lowest BCUT2D eigenvalue weighted by atomic mass is 10.0. The van der Waals surface area contributed by atoms with Gasteiger partial charge in [0.1, 0.15) is 16.2 Å². The Kier molecular flexibility index (Phi) is 5.90. The highest BCUT2D eigenvalue weighted by molar-refractivity contribution is 7.89. The highest BCUT2D eigenvalue weighted by Gasteiger charge is 2.23. The lowest BCUT2D eigenvalue weighted by Crippen LogP contribution is -2.23. The zero-order chi connectivity index (χ0) is 22.9. The molecular weight excluding hydrogens is 428 g/mol. The minimum Gasteiger partial charge on any atom is -0.492 e. The second-order valence-corrected chi connectivity index (χ2v) is 9.65. The van der Waals surface area contributed by atoms with Gasteiger partial charge in [0.25, 0.3) is 0 Å². The minimum atomic E-state index is -3.75. The van der Waals surface area contributed by atoms with E-state index < -0.39 is 10.0 Å². The van der Waals surface area contributed by atoms with Crippen LogP contribution in [0.4, 0.5) is 5.69 Å². The number of furan rings is 1. The van der Waals surface area contributed by atoms with Crippen LogP contribution >= 0.6 is 0 Å². The van der Waals surface area contributed by atoms with Crippen molar-refractivity contribution in [3.8, 4) is 5.75 Å². The van der Waals surface area contributed by atoms with Crippen LogP contribution in [0.2, 0.25) is 0 Å². The number of carbonyl (C=O) groups is 1. The molecule has 1 aromatic heterocycles. The van der Waals surface area contributed by atoms with Gasteiger partial charge in [0.05, 0.1) is 19.3 Å². The lowest BCUT2D eigenvalue weighted by Gasteiger charge is -2.16. The van der Waals surface area contributed by atoms with Crippen LogP contribution in [0, 0.1) is 0 Å². The molecule has 0 saturated heterocycles. The molecule has 4 aromatic rings. The van der Waals surface area contributed by atoms with E-state index in [0.717, 1.165) is 26.0 Å². The van der Waals surface area contributed by atoms with Crippen LogP contribution in [0.3, 0.4) is 0 Å². The summed E-state index contributed by atoms with van der Waals surface area (Å²) in [6.45, 7) is 2.10. The fourth-order valence-corrected chi connectivity index (χ4v) is 4.69. The average molecular weight is 453 g/mol. The minimum absolute atomic E-state index is 0.00176. The molecule has 0 fully saturated rings. The second kappa shape index (κ2) is 8.64. The maximum absolute atomic E-state index is 12.8. The zero-order valence-electron chi connectivity index (χ0n) is 18.1. The molecule has 0 spiro atoms. The number of nitrogens with one attached hydrogen (secondary N) is 1. The van der Waals surface area contributed by atoms with Crippen LogP contribution in [0.1, 0.15) is 12.5 Å². The van der Waals surface area contributed by atoms with Crippen molar-refractivity contribution in [3.63, 3.8) is 0 Å². The Morgan fingerprint density at radius 3 is 2.62 bits per heavy atom. The molecule has 1 amide bonds. The molecule has 166 valence electrons. The Labute approximate surface area is 186 Å². The van der Waals surface area contributed by atoms with E-state index in [2.05, 4.69) is 5.32 Å². The van der Waals surface area contributed by atoms with Crippen molar-refractivity contribution in [2.45, 2.75) is 18.2 Å². The van der Waals surface area contributed by atoms with Gasteiger partial charge in [-0.2, -0.15) is 0 Å². The molecule has 0 bridgehead atoms. The van der Waals surface area contributed by atoms with E-state index in [0.29, 0.717) is 17.9 Å². The van der Waals surface area contributed by atoms with Gasteiger partial charge in [0.2, 0.25) is 15.9 Å². The highest BCUT2D eigenvalue weighted by Crippen LogP contribution is 2.31. The van der Waals surface area contributed by atoms with Crippen LogP contribution in [0.25, 0.3) is 21.7 Å². The Morgan fingerprint density at radius 1 is 1.09 bits per heavy atom. The number of hydrogen-bond donors (Lipinski definition) is 1. The first kappa shape index (κ1) is 21.9. The number of nitrogens with zero attached hydrogens (tertiary/aromatic N) is 1. The molecule has 0 unspecified atom stereocenters. The highest BCUT2D eigenvalue weighted by atomic mass is 32.2. The second-order valence-electron chi connectivity index (χ2n) is 7.53. The average Bonchev–Trinajstić information content (AvgIpc) is 3.18. The zero-order valence-corrected chi connectivity index (χ0v) is 18.9. The fourth-order valence-electron chi connectivity index (χ4n) is 3.64. The monoisotopic (exact) mass is 452 g/mol. The van der Waals surface area contributed by atoms with Gasteiger partial charge >= 0.3 is 0 Å². The number of carbonyl (C=O) groups excluding carboxylic acids is 1. The number of benzene rings is 3. The maximum atomic E-state index is 12.8. The van der Waals surface area contributed by atoms with Gasteiger partial charge < -0.3 is 14.5 Å². The van der Waals surface area contributed by atoms with Crippen molar-refractivity contribution in [2.75, 3.05) is 26.0 Å².